The fourth-order valence-electron chi connectivity index (χ4n) is 3.29. The van der Waals surface area contributed by atoms with Gasteiger partial charge >= 0.3 is 0 Å². The molecule has 36 heavy (non-hydrogen) atoms. The summed E-state index contributed by atoms with van der Waals surface area (Å²) in [6.45, 7) is 2.04. The van der Waals surface area contributed by atoms with Crippen LogP contribution in [0.25, 0.3) is 23.2 Å². The first-order valence-electron chi connectivity index (χ1n) is 11.1. The molecule has 0 saturated heterocycles. The quantitative estimate of drug-likeness (QED) is 0.157. The molecule has 0 unspecified atom stereocenters. The zero-order chi connectivity index (χ0) is 25.3. The van der Waals surface area contributed by atoms with Gasteiger partial charge in [-0.1, -0.05) is 71.9 Å². The van der Waals surface area contributed by atoms with E-state index < -0.39 is 0 Å². The van der Waals surface area contributed by atoms with E-state index >= 15 is 0 Å². The Morgan fingerprint density at radius 2 is 1.78 bits per heavy atom. The average molecular weight is 562 g/mol. The number of hydrogen-bond acceptors (Lipinski definition) is 6. The van der Waals surface area contributed by atoms with E-state index in [2.05, 4.69) is 36.7 Å². The number of thioether (sulfide) groups is 1. The molecule has 0 aliphatic heterocycles. The highest BCUT2D eigenvalue weighted by atomic mass is 79.9. The number of methoxy groups -OCH3 is 1. The second kappa shape index (κ2) is 12.3. The van der Waals surface area contributed by atoms with E-state index in [0.717, 1.165) is 32.6 Å². The van der Waals surface area contributed by atoms with Crippen molar-refractivity contribution >= 4 is 45.9 Å². The number of benzene rings is 3. The zero-order valence-electron chi connectivity index (χ0n) is 19.8. The summed E-state index contributed by atoms with van der Waals surface area (Å²) in [6.07, 6.45) is 3.46. The topological polar surface area (TPSA) is 81.4 Å². The Labute approximate surface area is 222 Å². The summed E-state index contributed by atoms with van der Waals surface area (Å²) in [4.78, 5) is 12.4. The normalized spacial score (nSPS) is 11.6. The van der Waals surface area contributed by atoms with Gasteiger partial charge in [-0.15, -0.1) is 10.2 Å². The van der Waals surface area contributed by atoms with Crippen molar-refractivity contribution in [2.75, 3.05) is 12.9 Å². The molecule has 0 aliphatic rings. The lowest BCUT2D eigenvalue weighted by atomic mass is 10.1. The molecule has 0 fully saturated rings. The predicted molar refractivity (Wildman–Crippen MR) is 149 cm³/mol. The smallest absolute Gasteiger partial charge is 0.250 e. The van der Waals surface area contributed by atoms with Gasteiger partial charge in [-0.25, -0.2) is 5.43 Å². The van der Waals surface area contributed by atoms with Crippen molar-refractivity contribution in [2.45, 2.75) is 12.1 Å². The van der Waals surface area contributed by atoms with E-state index in [0.29, 0.717) is 11.0 Å². The highest BCUT2D eigenvalue weighted by molar-refractivity contribution is 9.12. The van der Waals surface area contributed by atoms with Crippen LogP contribution in [0.1, 0.15) is 11.1 Å². The van der Waals surface area contributed by atoms with Crippen LogP contribution in [0.4, 0.5) is 0 Å². The Morgan fingerprint density at radius 1 is 1.06 bits per heavy atom. The lowest BCUT2D eigenvalue weighted by molar-refractivity contribution is -0.118. The summed E-state index contributed by atoms with van der Waals surface area (Å²) in [7, 11) is 1.63. The third kappa shape index (κ3) is 6.71. The SMILES string of the molecule is COc1ccc(-n2c(SCC(=O)NN=CC(Br)=Cc3ccccc3)nnc2-c2ccc(C)cc2)cc1. The lowest BCUT2D eigenvalue weighted by Gasteiger charge is -2.11. The summed E-state index contributed by atoms with van der Waals surface area (Å²) in [5, 5.41) is 13.4. The van der Waals surface area contributed by atoms with Crippen molar-refractivity contribution in [3.63, 3.8) is 0 Å². The van der Waals surface area contributed by atoms with Gasteiger partial charge in [-0.3, -0.25) is 9.36 Å². The van der Waals surface area contributed by atoms with Gasteiger partial charge in [0.1, 0.15) is 5.75 Å². The van der Waals surface area contributed by atoms with E-state index in [-0.39, 0.29) is 11.7 Å². The first-order valence-corrected chi connectivity index (χ1v) is 12.8. The Kier molecular flexibility index (Phi) is 8.70. The molecule has 4 aromatic rings. The number of rotatable bonds is 9. The number of aromatic nitrogens is 3. The van der Waals surface area contributed by atoms with Gasteiger partial charge in [0.15, 0.2) is 11.0 Å². The number of carbonyl (C=O) groups is 1. The van der Waals surface area contributed by atoms with Gasteiger partial charge in [-0.2, -0.15) is 5.10 Å². The average Bonchev–Trinajstić information content (AvgIpc) is 3.32. The van der Waals surface area contributed by atoms with Crippen LogP contribution >= 0.6 is 27.7 Å². The molecule has 1 heterocycles. The van der Waals surface area contributed by atoms with Crippen molar-refractivity contribution in [1.82, 2.24) is 20.2 Å². The van der Waals surface area contributed by atoms with Gasteiger partial charge in [-0.05, 0) is 58.8 Å². The number of nitrogens with one attached hydrogen (secondary N) is 1. The van der Waals surface area contributed by atoms with Gasteiger partial charge in [0.25, 0.3) is 5.91 Å². The van der Waals surface area contributed by atoms with Crippen LogP contribution in [0.3, 0.4) is 0 Å². The Balaban J connectivity index is 1.48. The van der Waals surface area contributed by atoms with Crippen LogP contribution in [0.15, 0.2) is 93.6 Å². The molecule has 3 aromatic carbocycles. The molecule has 1 N–H and O–H groups in total. The second-order valence-electron chi connectivity index (χ2n) is 7.73. The molecule has 1 amide bonds. The van der Waals surface area contributed by atoms with E-state index in [1.165, 1.54) is 11.8 Å². The van der Waals surface area contributed by atoms with Crippen molar-refractivity contribution < 1.29 is 9.53 Å². The molecule has 0 saturated carbocycles. The molecule has 4 rings (SSSR count). The molecular weight excluding hydrogens is 538 g/mol. The minimum atomic E-state index is -0.252. The summed E-state index contributed by atoms with van der Waals surface area (Å²) in [6, 6.07) is 25.5. The third-order valence-corrected chi connectivity index (χ3v) is 6.45. The van der Waals surface area contributed by atoms with E-state index in [1.54, 1.807) is 13.3 Å². The number of nitrogens with zero attached hydrogens (tertiary/aromatic N) is 4. The molecule has 0 aliphatic carbocycles. The predicted octanol–water partition coefficient (Wildman–Crippen LogP) is 5.88. The first-order chi connectivity index (χ1) is 17.5. The van der Waals surface area contributed by atoms with Crippen LogP contribution in [0, 0.1) is 6.92 Å². The standard InChI is InChI=1S/C27H24BrN5O2S/c1-19-8-10-21(11-9-19)26-31-32-27(33(26)23-12-14-24(35-2)15-13-23)36-18-25(34)30-29-17-22(28)16-20-6-4-3-5-7-20/h3-17H,18H2,1-2H3,(H,30,34). The highest BCUT2D eigenvalue weighted by Gasteiger charge is 2.17. The molecule has 182 valence electrons. The van der Waals surface area contributed by atoms with Gasteiger partial charge < -0.3 is 4.74 Å². The molecule has 0 radical (unpaired) electrons. The van der Waals surface area contributed by atoms with Gasteiger partial charge in [0, 0.05) is 15.7 Å². The molecule has 0 bridgehead atoms. The van der Waals surface area contributed by atoms with Crippen LogP contribution in [-0.4, -0.2) is 39.7 Å². The largest absolute Gasteiger partial charge is 0.497 e. The molecule has 0 spiro atoms. The number of halogens is 1. The Hall–Kier alpha value is -3.69. The molecule has 1 aromatic heterocycles. The summed E-state index contributed by atoms with van der Waals surface area (Å²) < 4.78 is 7.97. The molecule has 0 atom stereocenters. The molecule has 9 heteroatoms. The Morgan fingerprint density at radius 3 is 2.47 bits per heavy atom. The third-order valence-electron chi connectivity index (χ3n) is 5.09. The fourth-order valence-corrected chi connectivity index (χ4v) is 4.40. The maximum atomic E-state index is 12.4. The monoisotopic (exact) mass is 561 g/mol. The van der Waals surface area contributed by atoms with Crippen molar-refractivity contribution in [3.8, 4) is 22.8 Å². The van der Waals surface area contributed by atoms with Crippen LogP contribution < -0.4 is 10.2 Å². The number of carbonyl (C=O) groups excluding carboxylic acids is 1. The number of amides is 1. The summed E-state index contributed by atoms with van der Waals surface area (Å²) >= 11 is 4.73. The van der Waals surface area contributed by atoms with Crippen LogP contribution in [0.5, 0.6) is 5.75 Å². The number of aryl methyl sites for hydroxylation is 1. The number of hydrazone groups is 1. The summed E-state index contributed by atoms with van der Waals surface area (Å²) in [5.41, 5.74) is 6.54. The maximum Gasteiger partial charge on any atom is 0.250 e. The minimum absolute atomic E-state index is 0.125. The maximum absolute atomic E-state index is 12.4. The highest BCUT2D eigenvalue weighted by Crippen LogP contribution is 2.29. The number of ether oxygens (including phenoxy) is 1. The van der Waals surface area contributed by atoms with E-state index in [4.69, 9.17) is 4.74 Å². The second-order valence-corrected chi connectivity index (χ2v) is 9.59. The molecule has 7 nitrogen and oxygen atoms in total. The van der Waals surface area contributed by atoms with E-state index in [1.807, 2.05) is 96.4 Å². The number of hydrogen-bond donors (Lipinski definition) is 1. The van der Waals surface area contributed by atoms with Gasteiger partial charge in [0.05, 0.1) is 19.1 Å². The van der Waals surface area contributed by atoms with Crippen molar-refractivity contribution in [3.05, 3.63) is 94.5 Å². The fraction of sp³-hybridized carbons (Fsp3) is 0.111. The first kappa shape index (κ1) is 25.4. The van der Waals surface area contributed by atoms with Gasteiger partial charge in [0.2, 0.25) is 0 Å². The van der Waals surface area contributed by atoms with E-state index in [9.17, 15) is 4.79 Å². The Bertz CT molecular complexity index is 1370. The van der Waals surface area contributed by atoms with Crippen molar-refractivity contribution in [2.24, 2.45) is 5.10 Å². The molecular formula is C27H24BrN5O2S. The van der Waals surface area contributed by atoms with Crippen LogP contribution in [-0.2, 0) is 4.79 Å². The number of allylic oxidation sites excluding steroid dienone is 1. The summed E-state index contributed by atoms with van der Waals surface area (Å²) in [5.74, 6) is 1.32. The lowest BCUT2D eigenvalue weighted by Crippen LogP contribution is -2.19. The van der Waals surface area contributed by atoms with Crippen molar-refractivity contribution in [1.29, 1.82) is 0 Å². The zero-order valence-corrected chi connectivity index (χ0v) is 22.2. The minimum Gasteiger partial charge on any atom is -0.497 e. The van der Waals surface area contributed by atoms with Crippen LogP contribution in [0.2, 0.25) is 0 Å².